The van der Waals surface area contributed by atoms with Gasteiger partial charge in [0.2, 0.25) is 0 Å². The van der Waals surface area contributed by atoms with Gasteiger partial charge in [0.05, 0.1) is 25.9 Å². The molecule has 0 fully saturated rings. The van der Waals surface area contributed by atoms with Crippen molar-refractivity contribution in [3.8, 4) is 0 Å². The zero-order valence-electron chi connectivity index (χ0n) is 9.75. The second-order valence-corrected chi connectivity index (χ2v) is 3.99. The molecular weight excluding hydrogens is 196 g/mol. The maximum atomic E-state index is 11.2. The van der Waals surface area contributed by atoms with Gasteiger partial charge in [0.15, 0.2) is 0 Å². The van der Waals surface area contributed by atoms with Crippen LogP contribution in [0.1, 0.15) is 27.2 Å². The van der Waals surface area contributed by atoms with E-state index in [1.165, 1.54) is 6.26 Å². The van der Waals surface area contributed by atoms with Crippen molar-refractivity contribution >= 4 is 5.97 Å². The monoisotopic (exact) mass is 216 g/mol. The molecule has 0 aliphatic rings. The molecule has 0 rings (SSSR count). The summed E-state index contributed by atoms with van der Waals surface area (Å²) in [6.45, 7) is 10.2. The van der Waals surface area contributed by atoms with Gasteiger partial charge in [0.1, 0.15) is 12.2 Å². The molecule has 0 heterocycles. The molecule has 0 unspecified atom stereocenters. The maximum absolute atomic E-state index is 11.2. The van der Waals surface area contributed by atoms with E-state index in [9.17, 15) is 4.79 Å². The zero-order chi connectivity index (χ0) is 11.7. The number of esters is 1. The predicted octanol–water partition coefficient (Wildman–Crippen LogP) is 1.89. The summed E-state index contributed by atoms with van der Waals surface area (Å²) in [5.74, 6) is -0.243. The van der Waals surface area contributed by atoms with Gasteiger partial charge in [-0.2, -0.15) is 0 Å². The lowest BCUT2D eigenvalue weighted by molar-refractivity contribution is -0.156. The Kier molecular flexibility index (Phi) is 6.79. The Morgan fingerprint density at radius 2 is 1.93 bits per heavy atom. The third-order valence-electron chi connectivity index (χ3n) is 1.33. The smallest absolute Gasteiger partial charge is 0.308 e. The molecule has 0 aromatic rings. The molecule has 0 aromatic carbocycles. The van der Waals surface area contributed by atoms with Crippen molar-refractivity contribution in [2.75, 3.05) is 19.8 Å². The van der Waals surface area contributed by atoms with Gasteiger partial charge in [0.25, 0.3) is 0 Å². The second-order valence-electron chi connectivity index (χ2n) is 3.99. The molecule has 0 spiro atoms. The topological polar surface area (TPSA) is 44.8 Å². The molecule has 0 aliphatic carbocycles. The van der Waals surface area contributed by atoms with E-state index in [0.717, 1.165) is 0 Å². The van der Waals surface area contributed by atoms with Gasteiger partial charge in [0, 0.05) is 0 Å². The van der Waals surface area contributed by atoms with Crippen LogP contribution in [0.2, 0.25) is 0 Å². The third-order valence-corrected chi connectivity index (χ3v) is 1.33. The first-order valence-electron chi connectivity index (χ1n) is 4.98. The van der Waals surface area contributed by atoms with E-state index in [4.69, 9.17) is 14.2 Å². The molecular formula is C11H20O4. The Labute approximate surface area is 91.2 Å². The van der Waals surface area contributed by atoms with Gasteiger partial charge in [-0.15, -0.1) is 0 Å². The highest BCUT2D eigenvalue weighted by Gasteiger charge is 2.15. The summed E-state index contributed by atoms with van der Waals surface area (Å²) in [4.78, 5) is 11.2. The lowest BCUT2D eigenvalue weighted by Crippen LogP contribution is -2.24. The molecule has 0 N–H and O–H groups in total. The van der Waals surface area contributed by atoms with Gasteiger partial charge in [-0.05, 0) is 20.8 Å². The molecule has 0 atom stereocenters. The summed E-state index contributed by atoms with van der Waals surface area (Å²) in [5.41, 5.74) is -0.428. The number of rotatable bonds is 7. The molecule has 15 heavy (non-hydrogen) atoms. The van der Waals surface area contributed by atoms with Gasteiger partial charge < -0.3 is 14.2 Å². The van der Waals surface area contributed by atoms with Gasteiger partial charge in [-0.1, -0.05) is 6.58 Å². The number of hydrogen-bond acceptors (Lipinski definition) is 4. The van der Waals surface area contributed by atoms with E-state index in [2.05, 4.69) is 6.58 Å². The van der Waals surface area contributed by atoms with Gasteiger partial charge in [-0.3, -0.25) is 4.79 Å². The van der Waals surface area contributed by atoms with E-state index in [1.54, 1.807) is 0 Å². The highest BCUT2D eigenvalue weighted by atomic mass is 16.6. The first kappa shape index (κ1) is 14.0. The quantitative estimate of drug-likeness (QED) is 0.370. The van der Waals surface area contributed by atoms with Crippen LogP contribution < -0.4 is 0 Å². The molecule has 0 radical (unpaired) electrons. The largest absolute Gasteiger partial charge is 0.499 e. The molecule has 0 aromatic heterocycles. The van der Waals surface area contributed by atoms with Gasteiger partial charge in [-0.25, -0.2) is 0 Å². The van der Waals surface area contributed by atoms with Crippen LogP contribution in [0.5, 0.6) is 0 Å². The fourth-order valence-corrected chi connectivity index (χ4v) is 0.840. The van der Waals surface area contributed by atoms with Crippen molar-refractivity contribution in [2.24, 2.45) is 0 Å². The minimum atomic E-state index is -0.428. The summed E-state index contributed by atoms with van der Waals surface area (Å²) >= 11 is 0. The normalized spacial score (nSPS) is 10.9. The van der Waals surface area contributed by atoms with Crippen molar-refractivity contribution in [1.82, 2.24) is 0 Å². The first-order chi connectivity index (χ1) is 6.95. The molecule has 0 saturated carbocycles. The summed E-state index contributed by atoms with van der Waals surface area (Å²) in [7, 11) is 0. The first-order valence-corrected chi connectivity index (χ1v) is 4.98. The van der Waals surface area contributed by atoms with Crippen molar-refractivity contribution in [1.29, 1.82) is 0 Å². The number of hydrogen-bond donors (Lipinski definition) is 0. The van der Waals surface area contributed by atoms with E-state index in [-0.39, 0.29) is 12.4 Å². The molecule has 88 valence electrons. The third kappa shape index (κ3) is 10.9. The Bertz CT molecular complexity index is 193. The fourth-order valence-electron chi connectivity index (χ4n) is 0.840. The fraction of sp³-hybridized carbons (Fsp3) is 0.727. The summed E-state index contributed by atoms with van der Waals surface area (Å²) in [6, 6.07) is 0. The van der Waals surface area contributed by atoms with Crippen molar-refractivity contribution in [3.63, 3.8) is 0 Å². The van der Waals surface area contributed by atoms with Crippen molar-refractivity contribution < 1.29 is 19.0 Å². The van der Waals surface area contributed by atoms with E-state index in [0.29, 0.717) is 19.8 Å². The zero-order valence-corrected chi connectivity index (χ0v) is 9.75. The maximum Gasteiger partial charge on any atom is 0.308 e. The Morgan fingerprint density at radius 1 is 1.27 bits per heavy atom. The molecule has 0 aliphatic heterocycles. The standard InChI is InChI=1S/C11H20O4/c1-5-13-8-9-14-7-6-10(12)15-11(2,3)4/h5H,1,6-9H2,2-4H3. The van der Waals surface area contributed by atoms with Crippen LogP contribution in [0.15, 0.2) is 12.8 Å². The highest BCUT2D eigenvalue weighted by Crippen LogP contribution is 2.07. The van der Waals surface area contributed by atoms with E-state index in [1.807, 2.05) is 20.8 Å². The van der Waals surface area contributed by atoms with Crippen LogP contribution in [0.3, 0.4) is 0 Å². The minimum Gasteiger partial charge on any atom is -0.499 e. The Balaban J connectivity index is 3.36. The van der Waals surface area contributed by atoms with Crippen LogP contribution in [0.4, 0.5) is 0 Å². The number of carbonyl (C=O) groups excluding carboxylic acids is 1. The average molecular weight is 216 g/mol. The van der Waals surface area contributed by atoms with Crippen molar-refractivity contribution in [3.05, 3.63) is 12.8 Å². The Hall–Kier alpha value is -1.03. The van der Waals surface area contributed by atoms with Crippen LogP contribution in [0, 0.1) is 0 Å². The summed E-state index contributed by atoms with van der Waals surface area (Å²) in [6.07, 6.45) is 1.63. The van der Waals surface area contributed by atoms with E-state index >= 15 is 0 Å². The SMILES string of the molecule is C=COCCOCCC(=O)OC(C)(C)C. The minimum absolute atomic E-state index is 0.243. The van der Waals surface area contributed by atoms with Crippen LogP contribution in [-0.4, -0.2) is 31.4 Å². The second kappa shape index (κ2) is 7.29. The van der Waals surface area contributed by atoms with Gasteiger partial charge >= 0.3 is 5.97 Å². The summed E-state index contributed by atoms with van der Waals surface area (Å²) < 4.78 is 15.1. The van der Waals surface area contributed by atoms with Crippen LogP contribution in [0.25, 0.3) is 0 Å². The molecule has 0 amide bonds. The highest BCUT2D eigenvalue weighted by molar-refractivity contribution is 5.69. The lowest BCUT2D eigenvalue weighted by atomic mass is 10.2. The molecule has 0 bridgehead atoms. The molecule has 0 saturated heterocycles. The van der Waals surface area contributed by atoms with Crippen LogP contribution >= 0.6 is 0 Å². The lowest BCUT2D eigenvalue weighted by Gasteiger charge is -2.19. The molecule has 4 nitrogen and oxygen atoms in total. The summed E-state index contributed by atoms with van der Waals surface area (Å²) in [5, 5.41) is 0. The van der Waals surface area contributed by atoms with Crippen LogP contribution in [-0.2, 0) is 19.0 Å². The number of ether oxygens (including phenoxy) is 3. The average Bonchev–Trinajstić information content (AvgIpc) is 2.08. The van der Waals surface area contributed by atoms with Crippen molar-refractivity contribution in [2.45, 2.75) is 32.8 Å². The Morgan fingerprint density at radius 3 is 2.47 bits per heavy atom. The molecule has 4 heteroatoms. The van der Waals surface area contributed by atoms with E-state index < -0.39 is 5.60 Å². The predicted molar refractivity (Wildman–Crippen MR) is 57.4 cm³/mol. The number of carbonyl (C=O) groups is 1.